The molecule has 0 aliphatic carbocycles. The molecule has 6 heteroatoms. The molecule has 0 saturated heterocycles. The number of halogens is 1. The van der Waals surface area contributed by atoms with Crippen LogP contribution in [-0.2, 0) is 10.7 Å². The van der Waals surface area contributed by atoms with Gasteiger partial charge in [0, 0.05) is 11.1 Å². The van der Waals surface area contributed by atoms with Crippen LogP contribution < -0.4 is 0 Å². The van der Waals surface area contributed by atoms with Crippen LogP contribution in [-0.4, -0.2) is 18.6 Å². The number of phenolic OH excluding ortho intramolecular Hbond substituents is 2. The lowest BCUT2D eigenvalue weighted by Gasteiger charge is -2.00. The van der Waals surface area contributed by atoms with Crippen LogP contribution in [0.5, 0.6) is 11.5 Å². The van der Waals surface area contributed by atoms with Gasteiger partial charge in [-0.25, -0.2) is 8.42 Å². The molecule has 0 amide bonds. The molecular weight excluding hydrogens is 204 g/mol. The summed E-state index contributed by atoms with van der Waals surface area (Å²) in [5, 5.41) is 18.0. The molecule has 0 spiro atoms. The van der Waals surface area contributed by atoms with Gasteiger partial charge in [-0.1, -0.05) is 11.6 Å². The van der Waals surface area contributed by atoms with E-state index in [0.29, 0.717) is 0 Å². The summed E-state index contributed by atoms with van der Waals surface area (Å²) in [7, 11) is -2.94. The standard InChI is InChI=1S/C6H5ClO4S/c7-3-1-4(8)6(9)5(2-3)12(10)11/h1-2,8-9,12H. The second kappa shape index (κ2) is 3.20. The minimum absolute atomic E-state index is 0.0551. The van der Waals surface area contributed by atoms with E-state index in [4.69, 9.17) is 21.8 Å². The summed E-state index contributed by atoms with van der Waals surface area (Å²) in [4.78, 5) is -0.380. The average molecular weight is 209 g/mol. The van der Waals surface area contributed by atoms with Gasteiger partial charge in [-0.3, -0.25) is 0 Å². The number of benzene rings is 1. The Balaban J connectivity index is 3.48. The summed E-state index contributed by atoms with van der Waals surface area (Å²) in [5.41, 5.74) is 0. The van der Waals surface area contributed by atoms with E-state index in [9.17, 15) is 8.42 Å². The smallest absolute Gasteiger partial charge is 0.176 e. The maximum absolute atomic E-state index is 10.4. The van der Waals surface area contributed by atoms with Gasteiger partial charge in [-0.05, 0) is 6.07 Å². The highest BCUT2D eigenvalue weighted by Crippen LogP contribution is 2.32. The Labute approximate surface area is 75.0 Å². The zero-order valence-electron chi connectivity index (χ0n) is 5.69. The topological polar surface area (TPSA) is 74.6 Å². The maximum Gasteiger partial charge on any atom is 0.176 e. The molecule has 0 radical (unpaired) electrons. The SMILES string of the molecule is O=[SH](=O)c1cc(Cl)cc(O)c1O. The van der Waals surface area contributed by atoms with E-state index < -0.39 is 22.2 Å². The second-order valence-corrected chi connectivity index (χ2v) is 3.48. The molecule has 0 saturated carbocycles. The lowest BCUT2D eigenvalue weighted by Crippen LogP contribution is -1.82. The van der Waals surface area contributed by atoms with Gasteiger partial charge in [-0.2, -0.15) is 0 Å². The average Bonchev–Trinajstić information content (AvgIpc) is 1.96. The Morgan fingerprint density at radius 2 is 1.83 bits per heavy atom. The molecule has 1 rings (SSSR count). The largest absolute Gasteiger partial charge is 0.504 e. The zero-order chi connectivity index (χ0) is 9.30. The summed E-state index contributed by atoms with van der Waals surface area (Å²) in [6.45, 7) is 0. The van der Waals surface area contributed by atoms with Gasteiger partial charge < -0.3 is 10.2 Å². The van der Waals surface area contributed by atoms with Crippen LogP contribution in [0.15, 0.2) is 17.0 Å². The van der Waals surface area contributed by atoms with E-state index in [-0.39, 0.29) is 9.92 Å². The van der Waals surface area contributed by atoms with E-state index in [0.717, 1.165) is 12.1 Å². The van der Waals surface area contributed by atoms with E-state index in [2.05, 4.69) is 0 Å². The second-order valence-electron chi connectivity index (χ2n) is 2.05. The van der Waals surface area contributed by atoms with Crippen LogP contribution in [0, 0.1) is 0 Å². The highest BCUT2D eigenvalue weighted by atomic mass is 35.5. The molecule has 0 unspecified atom stereocenters. The van der Waals surface area contributed by atoms with Gasteiger partial charge in [0.15, 0.2) is 22.2 Å². The quantitative estimate of drug-likeness (QED) is 0.470. The summed E-state index contributed by atoms with van der Waals surface area (Å²) in [5.74, 6) is -1.22. The predicted octanol–water partition coefficient (Wildman–Crippen LogP) is 0.721. The van der Waals surface area contributed by atoms with Crippen LogP contribution in [0.25, 0.3) is 0 Å². The Hall–Kier alpha value is -0.940. The molecule has 12 heavy (non-hydrogen) atoms. The van der Waals surface area contributed by atoms with Gasteiger partial charge in [0.25, 0.3) is 0 Å². The monoisotopic (exact) mass is 208 g/mol. The first kappa shape index (κ1) is 9.15. The highest BCUT2D eigenvalue weighted by Gasteiger charge is 2.09. The van der Waals surface area contributed by atoms with Gasteiger partial charge in [0.2, 0.25) is 0 Å². The van der Waals surface area contributed by atoms with Gasteiger partial charge in [-0.15, -0.1) is 0 Å². The third-order valence-electron chi connectivity index (χ3n) is 1.23. The molecule has 1 aromatic carbocycles. The molecule has 2 N–H and O–H groups in total. The van der Waals surface area contributed by atoms with Crippen molar-refractivity contribution in [2.24, 2.45) is 0 Å². The molecule has 1 aromatic rings. The van der Waals surface area contributed by atoms with E-state index in [1.807, 2.05) is 0 Å². The summed E-state index contributed by atoms with van der Waals surface area (Å²) in [6.07, 6.45) is 0. The van der Waals surface area contributed by atoms with Crippen molar-refractivity contribution >= 4 is 22.3 Å². The van der Waals surface area contributed by atoms with Crippen molar-refractivity contribution in [3.63, 3.8) is 0 Å². The van der Waals surface area contributed by atoms with Crippen molar-refractivity contribution in [3.8, 4) is 11.5 Å². The first-order chi connectivity index (χ1) is 5.52. The highest BCUT2D eigenvalue weighted by molar-refractivity contribution is 7.72. The first-order valence-corrected chi connectivity index (χ1v) is 4.44. The molecule has 0 aliphatic heterocycles. The molecule has 66 valence electrons. The fraction of sp³-hybridized carbons (Fsp3) is 0. The summed E-state index contributed by atoms with van der Waals surface area (Å²) in [6, 6.07) is 2.11. The van der Waals surface area contributed by atoms with Gasteiger partial charge in [0.05, 0.1) is 0 Å². The Morgan fingerprint density at radius 1 is 1.25 bits per heavy atom. The molecule has 0 aromatic heterocycles. The van der Waals surface area contributed by atoms with Crippen LogP contribution in [0.3, 0.4) is 0 Å². The minimum atomic E-state index is -2.94. The number of hydrogen-bond acceptors (Lipinski definition) is 4. The van der Waals surface area contributed by atoms with Crippen LogP contribution in [0.1, 0.15) is 0 Å². The van der Waals surface area contributed by atoms with E-state index >= 15 is 0 Å². The summed E-state index contributed by atoms with van der Waals surface area (Å²) < 4.78 is 20.9. The number of phenols is 2. The summed E-state index contributed by atoms with van der Waals surface area (Å²) >= 11 is 5.43. The first-order valence-electron chi connectivity index (χ1n) is 2.88. The maximum atomic E-state index is 10.4. The molecule has 0 heterocycles. The van der Waals surface area contributed by atoms with Crippen molar-refractivity contribution < 1.29 is 18.6 Å². The van der Waals surface area contributed by atoms with Crippen molar-refractivity contribution in [1.82, 2.24) is 0 Å². The molecule has 4 nitrogen and oxygen atoms in total. The molecule has 0 atom stereocenters. The number of thiol groups is 1. The van der Waals surface area contributed by atoms with Crippen LogP contribution >= 0.6 is 11.6 Å². The van der Waals surface area contributed by atoms with E-state index in [1.165, 1.54) is 0 Å². The molecule has 0 fully saturated rings. The number of rotatable bonds is 1. The number of aromatic hydroxyl groups is 2. The van der Waals surface area contributed by atoms with Crippen LogP contribution in [0.2, 0.25) is 5.02 Å². The lowest BCUT2D eigenvalue weighted by molar-refractivity contribution is 0.394. The van der Waals surface area contributed by atoms with Crippen molar-refractivity contribution in [3.05, 3.63) is 17.2 Å². The van der Waals surface area contributed by atoms with Crippen LogP contribution in [0.4, 0.5) is 0 Å². The van der Waals surface area contributed by atoms with Crippen molar-refractivity contribution in [1.29, 1.82) is 0 Å². The Morgan fingerprint density at radius 3 is 2.33 bits per heavy atom. The molecular formula is C6H5ClO4S. The lowest BCUT2D eigenvalue weighted by atomic mass is 10.3. The Kier molecular flexibility index (Phi) is 2.44. The minimum Gasteiger partial charge on any atom is -0.504 e. The number of hydrogen-bond donors (Lipinski definition) is 3. The fourth-order valence-electron chi connectivity index (χ4n) is 0.710. The van der Waals surface area contributed by atoms with Crippen molar-refractivity contribution in [2.45, 2.75) is 4.90 Å². The van der Waals surface area contributed by atoms with Gasteiger partial charge >= 0.3 is 0 Å². The predicted molar refractivity (Wildman–Crippen MR) is 43.4 cm³/mol. The van der Waals surface area contributed by atoms with Crippen molar-refractivity contribution in [2.75, 3.05) is 0 Å². The zero-order valence-corrected chi connectivity index (χ0v) is 7.34. The third-order valence-corrected chi connectivity index (χ3v) is 2.18. The fourth-order valence-corrected chi connectivity index (χ4v) is 1.53. The van der Waals surface area contributed by atoms with E-state index in [1.54, 1.807) is 0 Å². The molecule has 0 bridgehead atoms. The normalized spacial score (nSPS) is 10.5. The third kappa shape index (κ3) is 1.62. The van der Waals surface area contributed by atoms with Gasteiger partial charge in [0.1, 0.15) is 4.90 Å². The molecule has 0 aliphatic rings. The Bertz CT molecular complexity index is 377.